The molecule has 0 aliphatic rings. The molecule has 0 saturated carbocycles. The summed E-state index contributed by atoms with van der Waals surface area (Å²) in [5.74, 6) is 0. The predicted molar refractivity (Wildman–Crippen MR) is 52.1 cm³/mol. The van der Waals surface area contributed by atoms with Crippen molar-refractivity contribution in [2.75, 3.05) is 0 Å². The van der Waals surface area contributed by atoms with Gasteiger partial charge in [0.05, 0.1) is 0 Å². The number of aliphatic hydroxyl groups excluding tert-OH is 1. The molecule has 2 heteroatoms. The lowest BCUT2D eigenvalue weighted by atomic mass is 10.1. The first-order valence-corrected chi connectivity index (χ1v) is 4.29. The maximum atomic E-state index is 8.96. The van der Waals surface area contributed by atoms with Gasteiger partial charge in [-0.25, -0.2) is 0 Å². The maximum Gasteiger partial charge on any atom is 0.174 e. The van der Waals surface area contributed by atoms with Gasteiger partial charge in [-0.15, -0.1) is 0 Å². The summed E-state index contributed by atoms with van der Waals surface area (Å²) in [6, 6.07) is 9.74. The van der Waals surface area contributed by atoms with Crippen molar-refractivity contribution in [3.63, 3.8) is 0 Å². The highest BCUT2D eigenvalue weighted by molar-refractivity contribution is 5.22. The van der Waals surface area contributed by atoms with Crippen LogP contribution in [0.5, 0.6) is 0 Å². The average molecular weight is 178 g/mol. The molecule has 0 atom stereocenters. The Hall–Kier alpha value is -1.12. The molecule has 2 nitrogen and oxygen atoms in total. The van der Waals surface area contributed by atoms with Crippen molar-refractivity contribution in [2.24, 2.45) is 0 Å². The number of hydrogen-bond acceptors (Lipinski definition) is 2. The van der Waals surface area contributed by atoms with Crippen LogP contribution < -0.4 is 0 Å². The molecule has 0 fully saturated rings. The molecular weight excluding hydrogens is 164 g/mol. The van der Waals surface area contributed by atoms with Crippen LogP contribution >= 0.6 is 0 Å². The van der Waals surface area contributed by atoms with Crippen LogP contribution in [-0.2, 0) is 6.42 Å². The van der Waals surface area contributed by atoms with Crippen LogP contribution in [0, 0.1) is 0 Å². The predicted octanol–water partition coefficient (Wildman–Crippen LogP) is 1.49. The van der Waals surface area contributed by atoms with Gasteiger partial charge in [-0.2, -0.15) is 0 Å². The fourth-order valence-electron chi connectivity index (χ4n) is 1.17. The van der Waals surface area contributed by atoms with Crippen LogP contribution in [0.2, 0.25) is 0 Å². The van der Waals surface area contributed by atoms with Crippen LogP contribution in [0.4, 0.5) is 0 Å². The molecule has 0 aliphatic heterocycles. The van der Waals surface area contributed by atoms with Gasteiger partial charge in [-0.3, -0.25) is 0 Å². The van der Waals surface area contributed by atoms with Crippen molar-refractivity contribution in [3.05, 3.63) is 47.5 Å². The van der Waals surface area contributed by atoms with Crippen molar-refractivity contribution in [3.8, 4) is 0 Å². The highest BCUT2D eigenvalue weighted by Crippen LogP contribution is 2.09. The van der Waals surface area contributed by atoms with E-state index in [4.69, 9.17) is 10.2 Å². The zero-order valence-electron chi connectivity index (χ0n) is 7.64. The van der Waals surface area contributed by atoms with Crippen molar-refractivity contribution in [1.82, 2.24) is 0 Å². The highest BCUT2D eigenvalue weighted by Gasteiger charge is 2.05. The van der Waals surface area contributed by atoms with Gasteiger partial charge in [0, 0.05) is 0 Å². The Morgan fingerprint density at radius 1 is 1.31 bits per heavy atom. The number of aliphatic hydroxyl groups is 2. The third kappa shape index (κ3) is 3.01. The van der Waals surface area contributed by atoms with Gasteiger partial charge in [0.15, 0.2) is 6.29 Å². The Morgan fingerprint density at radius 2 is 1.92 bits per heavy atom. The summed E-state index contributed by atoms with van der Waals surface area (Å²) in [4.78, 5) is 0. The fourth-order valence-corrected chi connectivity index (χ4v) is 1.17. The quantitative estimate of drug-likeness (QED) is 0.543. The summed E-state index contributed by atoms with van der Waals surface area (Å²) < 4.78 is 0. The Kier molecular flexibility index (Phi) is 3.68. The first-order chi connectivity index (χ1) is 6.24. The molecule has 2 N–H and O–H groups in total. The lowest BCUT2D eigenvalue weighted by Crippen LogP contribution is -2.10. The molecule has 0 unspecified atom stereocenters. The monoisotopic (exact) mass is 178 g/mol. The summed E-state index contributed by atoms with van der Waals surface area (Å²) in [5, 5.41) is 17.9. The highest BCUT2D eigenvalue weighted by atomic mass is 16.5. The average Bonchev–Trinajstić information content (AvgIpc) is 2.15. The summed E-state index contributed by atoms with van der Waals surface area (Å²) in [5.41, 5.74) is 1.72. The van der Waals surface area contributed by atoms with Gasteiger partial charge in [0.25, 0.3) is 0 Å². The molecule has 70 valence electrons. The van der Waals surface area contributed by atoms with E-state index in [9.17, 15) is 0 Å². The van der Waals surface area contributed by atoms with E-state index in [1.54, 1.807) is 13.0 Å². The summed E-state index contributed by atoms with van der Waals surface area (Å²) in [7, 11) is 0. The van der Waals surface area contributed by atoms with Gasteiger partial charge >= 0.3 is 0 Å². The van der Waals surface area contributed by atoms with Crippen LogP contribution in [0.1, 0.15) is 12.5 Å². The Labute approximate surface area is 78.2 Å². The normalized spacial score (nSPS) is 12.2. The number of hydrogen-bond donors (Lipinski definition) is 2. The largest absolute Gasteiger partial charge is 0.365 e. The Balaban J connectivity index is 2.69. The minimum absolute atomic E-state index is 0.592. The maximum absolute atomic E-state index is 8.96. The third-order valence-corrected chi connectivity index (χ3v) is 1.95. The van der Waals surface area contributed by atoms with Crippen LogP contribution in [0.15, 0.2) is 42.0 Å². The molecule has 0 saturated heterocycles. The minimum atomic E-state index is -1.34. The van der Waals surface area contributed by atoms with E-state index < -0.39 is 6.29 Å². The van der Waals surface area contributed by atoms with Crippen molar-refractivity contribution >= 4 is 0 Å². The van der Waals surface area contributed by atoms with E-state index in [1.807, 2.05) is 30.3 Å². The van der Waals surface area contributed by atoms with E-state index in [0.29, 0.717) is 12.0 Å². The lowest BCUT2D eigenvalue weighted by molar-refractivity contribution is -0.00951. The zero-order chi connectivity index (χ0) is 9.68. The van der Waals surface area contributed by atoms with Crippen LogP contribution in [0.3, 0.4) is 0 Å². The summed E-state index contributed by atoms with van der Waals surface area (Å²) in [6.07, 6.45) is 0.984. The molecule has 1 aromatic rings. The minimum Gasteiger partial charge on any atom is -0.365 e. The molecular formula is C11H14O2. The van der Waals surface area contributed by atoms with E-state index in [2.05, 4.69) is 0 Å². The van der Waals surface area contributed by atoms with Gasteiger partial charge in [0.2, 0.25) is 0 Å². The number of benzene rings is 1. The third-order valence-electron chi connectivity index (χ3n) is 1.95. The molecule has 0 radical (unpaired) electrons. The molecule has 0 spiro atoms. The smallest absolute Gasteiger partial charge is 0.174 e. The van der Waals surface area contributed by atoms with E-state index >= 15 is 0 Å². The standard InChI is InChI=1S/C11H14O2/c1-2-10(11(12)13)8-9-6-4-3-5-7-9/h2-7,11-13H,8H2,1H3. The Morgan fingerprint density at radius 3 is 2.38 bits per heavy atom. The molecule has 0 bridgehead atoms. The van der Waals surface area contributed by atoms with Crippen molar-refractivity contribution in [2.45, 2.75) is 19.6 Å². The second-order valence-electron chi connectivity index (χ2n) is 2.90. The second-order valence-corrected chi connectivity index (χ2v) is 2.90. The fraction of sp³-hybridized carbons (Fsp3) is 0.273. The first-order valence-electron chi connectivity index (χ1n) is 4.29. The van der Waals surface area contributed by atoms with Crippen LogP contribution in [0.25, 0.3) is 0 Å². The SMILES string of the molecule is CC=C(Cc1ccccc1)C(O)O. The van der Waals surface area contributed by atoms with Gasteiger partial charge in [0.1, 0.15) is 0 Å². The van der Waals surface area contributed by atoms with Crippen molar-refractivity contribution < 1.29 is 10.2 Å². The number of allylic oxidation sites excluding steroid dienone is 1. The van der Waals surface area contributed by atoms with E-state index in [-0.39, 0.29) is 0 Å². The topological polar surface area (TPSA) is 40.5 Å². The van der Waals surface area contributed by atoms with E-state index in [0.717, 1.165) is 5.56 Å². The van der Waals surface area contributed by atoms with Crippen molar-refractivity contribution in [1.29, 1.82) is 0 Å². The van der Waals surface area contributed by atoms with Gasteiger partial charge in [-0.1, -0.05) is 36.4 Å². The molecule has 0 aromatic heterocycles. The molecule has 1 aromatic carbocycles. The summed E-state index contributed by atoms with van der Waals surface area (Å²) in [6.45, 7) is 1.80. The Bertz CT molecular complexity index is 275. The number of rotatable bonds is 3. The van der Waals surface area contributed by atoms with Crippen LogP contribution in [-0.4, -0.2) is 16.5 Å². The van der Waals surface area contributed by atoms with Gasteiger partial charge < -0.3 is 10.2 Å². The molecule has 13 heavy (non-hydrogen) atoms. The lowest BCUT2D eigenvalue weighted by Gasteiger charge is -2.08. The molecule has 0 amide bonds. The zero-order valence-corrected chi connectivity index (χ0v) is 7.64. The first kappa shape index (κ1) is 9.96. The molecule has 0 aliphatic carbocycles. The van der Waals surface area contributed by atoms with Gasteiger partial charge in [-0.05, 0) is 24.5 Å². The molecule has 1 rings (SSSR count). The van der Waals surface area contributed by atoms with E-state index in [1.165, 1.54) is 0 Å². The summed E-state index contributed by atoms with van der Waals surface area (Å²) >= 11 is 0. The molecule has 0 heterocycles. The second kappa shape index (κ2) is 4.80.